The molecule has 8 heteroatoms. The SMILES string of the molecule is COc1ccc(OC)c(NC(=O)CSc2ncnc3scc(-c4ccc(C)c(C)c4)c23)c1. The number of carbonyl (C=O) groups excluding carboxylic acids is 1. The molecule has 0 bridgehead atoms. The van der Waals surface area contributed by atoms with Gasteiger partial charge in [-0.3, -0.25) is 4.79 Å². The molecule has 2 aromatic carbocycles. The van der Waals surface area contributed by atoms with E-state index in [0.717, 1.165) is 26.4 Å². The number of rotatable bonds is 7. The van der Waals surface area contributed by atoms with Crippen LogP contribution in [0, 0.1) is 13.8 Å². The van der Waals surface area contributed by atoms with Crippen LogP contribution in [0.4, 0.5) is 5.69 Å². The van der Waals surface area contributed by atoms with E-state index in [1.165, 1.54) is 22.9 Å². The minimum Gasteiger partial charge on any atom is -0.497 e. The molecule has 6 nitrogen and oxygen atoms in total. The Hall–Kier alpha value is -3.10. The molecule has 0 radical (unpaired) electrons. The predicted molar refractivity (Wildman–Crippen MR) is 131 cm³/mol. The maximum atomic E-state index is 12.7. The molecule has 0 aliphatic rings. The van der Waals surface area contributed by atoms with E-state index in [1.54, 1.807) is 50.1 Å². The van der Waals surface area contributed by atoms with Crippen molar-refractivity contribution in [3.63, 3.8) is 0 Å². The molecule has 4 aromatic rings. The number of hydrogen-bond donors (Lipinski definition) is 1. The standard InChI is InChI=1S/C24H23N3O3S2/c1-14-5-6-16(9-15(14)2)18-11-31-23-22(18)24(26-13-25-23)32-12-21(28)27-19-10-17(29-3)7-8-20(19)30-4/h5-11,13H,12H2,1-4H3,(H,27,28). The first-order valence-corrected chi connectivity index (χ1v) is 11.8. The molecule has 0 spiro atoms. The molecule has 2 heterocycles. The van der Waals surface area contributed by atoms with Gasteiger partial charge in [-0.15, -0.1) is 11.3 Å². The summed E-state index contributed by atoms with van der Waals surface area (Å²) in [6.07, 6.45) is 1.55. The van der Waals surface area contributed by atoms with Crippen LogP contribution in [0.5, 0.6) is 11.5 Å². The highest BCUT2D eigenvalue weighted by Crippen LogP contribution is 2.38. The van der Waals surface area contributed by atoms with E-state index in [-0.39, 0.29) is 11.7 Å². The molecule has 4 rings (SSSR count). The quantitative estimate of drug-likeness (QED) is 0.278. The molecular formula is C24H23N3O3S2. The third-order valence-corrected chi connectivity index (χ3v) is 7.05. The fourth-order valence-corrected chi connectivity index (χ4v) is 5.10. The smallest absolute Gasteiger partial charge is 0.234 e. The minimum atomic E-state index is -0.156. The number of aryl methyl sites for hydroxylation is 2. The van der Waals surface area contributed by atoms with Crippen LogP contribution < -0.4 is 14.8 Å². The molecular weight excluding hydrogens is 442 g/mol. The Labute approximate surface area is 195 Å². The highest BCUT2D eigenvalue weighted by Gasteiger charge is 2.16. The molecule has 2 aromatic heterocycles. The van der Waals surface area contributed by atoms with Crippen molar-refractivity contribution in [3.05, 3.63) is 59.2 Å². The summed E-state index contributed by atoms with van der Waals surface area (Å²) < 4.78 is 10.6. The van der Waals surface area contributed by atoms with Gasteiger partial charge < -0.3 is 14.8 Å². The molecule has 32 heavy (non-hydrogen) atoms. The number of methoxy groups -OCH3 is 2. The number of nitrogens with one attached hydrogen (secondary N) is 1. The van der Waals surface area contributed by atoms with Crippen LogP contribution in [0.3, 0.4) is 0 Å². The Morgan fingerprint density at radius 3 is 2.66 bits per heavy atom. The van der Waals surface area contributed by atoms with Gasteiger partial charge in [0.25, 0.3) is 0 Å². The monoisotopic (exact) mass is 465 g/mol. The van der Waals surface area contributed by atoms with Crippen molar-refractivity contribution >= 4 is 44.9 Å². The Morgan fingerprint density at radius 1 is 1.06 bits per heavy atom. The second-order valence-electron chi connectivity index (χ2n) is 7.21. The summed E-state index contributed by atoms with van der Waals surface area (Å²) in [6.45, 7) is 4.21. The molecule has 0 saturated heterocycles. The van der Waals surface area contributed by atoms with Gasteiger partial charge in [0.2, 0.25) is 5.91 Å². The van der Waals surface area contributed by atoms with Crippen LogP contribution in [0.1, 0.15) is 11.1 Å². The second-order valence-corrected chi connectivity index (χ2v) is 9.03. The van der Waals surface area contributed by atoms with E-state index in [2.05, 4.69) is 52.7 Å². The molecule has 1 amide bonds. The number of hydrogen-bond acceptors (Lipinski definition) is 7. The summed E-state index contributed by atoms with van der Waals surface area (Å²) in [5.74, 6) is 1.26. The lowest BCUT2D eigenvalue weighted by Gasteiger charge is -2.12. The largest absolute Gasteiger partial charge is 0.497 e. The number of anilines is 1. The fourth-order valence-electron chi connectivity index (χ4n) is 3.31. The molecule has 0 atom stereocenters. The first-order chi connectivity index (χ1) is 15.5. The third-order valence-electron chi connectivity index (χ3n) is 5.17. The Kier molecular flexibility index (Phi) is 6.62. The summed E-state index contributed by atoms with van der Waals surface area (Å²) in [4.78, 5) is 22.5. The molecule has 0 fully saturated rings. The van der Waals surface area contributed by atoms with Gasteiger partial charge in [-0.2, -0.15) is 0 Å². The van der Waals surface area contributed by atoms with Crippen LogP contribution in [0.2, 0.25) is 0 Å². The van der Waals surface area contributed by atoms with Crippen LogP contribution >= 0.6 is 23.1 Å². The van der Waals surface area contributed by atoms with Crippen LogP contribution in [-0.4, -0.2) is 35.8 Å². The number of amides is 1. The number of ether oxygens (including phenoxy) is 2. The number of aromatic nitrogens is 2. The number of carbonyl (C=O) groups is 1. The van der Waals surface area contributed by atoms with Crippen LogP contribution in [0.15, 0.2) is 53.1 Å². The fraction of sp³-hybridized carbons (Fsp3) is 0.208. The number of thioether (sulfide) groups is 1. The Balaban J connectivity index is 1.57. The van der Waals surface area contributed by atoms with Crippen molar-refractivity contribution in [3.8, 4) is 22.6 Å². The van der Waals surface area contributed by atoms with Crippen LogP contribution in [-0.2, 0) is 4.79 Å². The average Bonchev–Trinajstić information content (AvgIpc) is 3.24. The van der Waals surface area contributed by atoms with Crippen molar-refractivity contribution in [2.75, 3.05) is 25.3 Å². The van der Waals surface area contributed by atoms with Gasteiger partial charge >= 0.3 is 0 Å². The zero-order valence-electron chi connectivity index (χ0n) is 18.3. The molecule has 1 N–H and O–H groups in total. The van der Waals surface area contributed by atoms with E-state index in [1.807, 2.05) is 0 Å². The third kappa shape index (κ3) is 4.56. The number of benzene rings is 2. The van der Waals surface area contributed by atoms with Crippen LogP contribution in [0.25, 0.3) is 21.3 Å². The summed E-state index contributed by atoms with van der Waals surface area (Å²) in [6, 6.07) is 11.7. The summed E-state index contributed by atoms with van der Waals surface area (Å²) in [7, 11) is 3.15. The highest BCUT2D eigenvalue weighted by atomic mass is 32.2. The van der Waals surface area contributed by atoms with Crippen molar-refractivity contribution < 1.29 is 14.3 Å². The van der Waals surface area contributed by atoms with E-state index < -0.39 is 0 Å². The Bertz CT molecular complexity index is 1290. The maximum absolute atomic E-state index is 12.7. The summed E-state index contributed by atoms with van der Waals surface area (Å²) in [5, 5.41) is 6.78. The lowest BCUT2D eigenvalue weighted by Crippen LogP contribution is -2.15. The summed E-state index contributed by atoms with van der Waals surface area (Å²) >= 11 is 2.98. The molecule has 0 aliphatic carbocycles. The van der Waals surface area contributed by atoms with Gasteiger partial charge in [0.05, 0.1) is 31.0 Å². The lowest BCUT2D eigenvalue weighted by atomic mass is 10.0. The van der Waals surface area contributed by atoms with Gasteiger partial charge in [-0.05, 0) is 42.7 Å². The number of fused-ring (bicyclic) bond motifs is 1. The zero-order valence-corrected chi connectivity index (χ0v) is 19.9. The first kappa shape index (κ1) is 22.1. The second kappa shape index (κ2) is 9.58. The minimum absolute atomic E-state index is 0.156. The van der Waals surface area contributed by atoms with Gasteiger partial charge in [0, 0.05) is 17.0 Å². The average molecular weight is 466 g/mol. The highest BCUT2D eigenvalue weighted by molar-refractivity contribution is 8.00. The molecule has 164 valence electrons. The zero-order chi connectivity index (χ0) is 22.7. The van der Waals surface area contributed by atoms with Gasteiger partial charge in [0.15, 0.2) is 0 Å². The molecule has 0 aliphatic heterocycles. The van der Waals surface area contributed by atoms with E-state index in [4.69, 9.17) is 9.47 Å². The maximum Gasteiger partial charge on any atom is 0.234 e. The van der Waals surface area contributed by atoms with Crippen molar-refractivity contribution in [2.45, 2.75) is 18.9 Å². The van der Waals surface area contributed by atoms with Gasteiger partial charge in [-0.25, -0.2) is 9.97 Å². The van der Waals surface area contributed by atoms with Gasteiger partial charge in [-0.1, -0.05) is 30.0 Å². The van der Waals surface area contributed by atoms with E-state index >= 15 is 0 Å². The Morgan fingerprint density at radius 2 is 1.91 bits per heavy atom. The molecule has 0 saturated carbocycles. The normalized spacial score (nSPS) is 10.9. The van der Waals surface area contributed by atoms with E-state index in [0.29, 0.717) is 17.2 Å². The topological polar surface area (TPSA) is 73.3 Å². The van der Waals surface area contributed by atoms with Crippen molar-refractivity contribution in [1.82, 2.24) is 9.97 Å². The van der Waals surface area contributed by atoms with Crippen molar-refractivity contribution in [2.24, 2.45) is 0 Å². The number of nitrogens with zero attached hydrogens (tertiary/aromatic N) is 2. The lowest BCUT2D eigenvalue weighted by molar-refractivity contribution is -0.113. The number of thiophene rings is 1. The van der Waals surface area contributed by atoms with Crippen molar-refractivity contribution in [1.29, 1.82) is 0 Å². The summed E-state index contributed by atoms with van der Waals surface area (Å²) in [5.41, 5.74) is 5.27. The predicted octanol–water partition coefficient (Wildman–Crippen LogP) is 5.72. The molecule has 0 unspecified atom stereocenters. The first-order valence-electron chi connectivity index (χ1n) is 9.94. The van der Waals surface area contributed by atoms with Gasteiger partial charge in [0.1, 0.15) is 27.7 Å². The van der Waals surface area contributed by atoms with E-state index in [9.17, 15) is 4.79 Å².